The van der Waals surface area contributed by atoms with Crippen molar-refractivity contribution in [2.75, 3.05) is 0 Å². The highest BCUT2D eigenvalue weighted by Crippen LogP contribution is 2.22. The summed E-state index contributed by atoms with van der Waals surface area (Å²) in [5.41, 5.74) is 3.56. The minimum atomic E-state index is -3.68. The van der Waals surface area contributed by atoms with Crippen molar-refractivity contribution in [3.63, 3.8) is 0 Å². The summed E-state index contributed by atoms with van der Waals surface area (Å²) in [6, 6.07) is 3.83. The number of carboxylic acids is 1. The number of carbonyl (C=O) groups is 1. The van der Waals surface area contributed by atoms with Gasteiger partial charge in [0.05, 0.1) is 5.75 Å². The zero-order valence-electron chi connectivity index (χ0n) is 11.7. The zero-order chi connectivity index (χ0) is 14.8. The number of aryl methyl sites for hydroxylation is 3. The first kappa shape index (κ1) is 15.7. The van der Waals surface area contributed by atoms with Crippen LogP contribution in [0.25, 0.3) is 0 Å². The van der Waals surface area contributed by atoms with Gasteiger partial charge in [-0.05, 0) is 43.9 Å². The minimum Gasteiger partial charge on any atom is -0.480 e. The predicted molar refractivity (Wildman–Crippen MR) is 75.0 cm³/mol. The maximum absolute atomic E-state index is 12.2. The molecule has 0 aromatic heterocycles. The second-order valence-electron chi connectivity index (χ2n) is 4.92. The molecule has 0 fully saturated rings. The first-order valence-electron chi connectivity index (χ1n) is 6.20. The summed E-state index contributed by atoms with van der Waals surface area (Å²) in [6.07, 6.45) is 0.0849. The van der Waals surface area contributed by atoms with Crippen LogP contribution < -0.4 is 0 Å². The summed E-state index contributed by atoms with van der Waals surface area (Å²) in [5, 5.41) is 7.66. The van der Waals surface area contributed by atoms with E-state index in [-0.39, 0.29) is 12.2 Å². The largest absolute Gasteiger partial charge is 0.480 e. The van der Waals surface area contributed by atoms with Crippen molar-refractivity contribution in [2.24, 2.45) is 0 Å². The van der Waals surface area contributed by atoms with E-state index >= 15 is 0 Å². The van der Waals surface area contributed by atoms with Gasteiger partial charge in [0.15, 0.2) is 15.1 Å². The van der Waals surface area contributed by atoms with Gasteiger partial charge in [0, 0.05) is 0 Å². The molecule has 0 spiro atoms. The predicted octanol–water partition coefficient (Wildman–Crippen LogP) is 2.39. The Labute approximate surface area is 114 Å². The maximum atomic E-state index is 12.2. The van der Waals surface area contributed by atoms with Gasteiger partial charge < -0.3 is 5.11 Å². The number of rotatable bonds is 5. The van der Waals surface area contributed by atoms with E-state index < -0.39 is 21.1 Å². The monoisotopic (exact) mass is 284 g/mol. The molecule has 1 unspecified atom stereocenters. The summed E-state index contributed by atoms with van der Waals surface area (Å²) in [6.45, 7) is 7.23. The molecular weight excluding hydrogens is 264 g/mol. The van der Waals surface area contributed by atoms with Gasteiger partial charge in [-0.15, -0.1) is 0 Å². The molecule has 1 aromatic rings. The van der Waals surface area contributed by atoms with Crippen LogP contribution in [0.4, 0.5) is 0 Å². The van der Waals surface area contributed by atoms with Crippen LogP contribution >= 0.6 is 0 Å². The average Bonchev–Trinajstić information content (AvgIpc) is 2.23. The highest BCUT2D eigenvalue weighted by molar-refractivity contribution is 7.92. The average molecular weight is 284 g/mol. The molecule has 0 aliphatic heterocycles. The number of aliphatic carboxylic acids is 1. The molecule has 0 aliphatic rings. The van der Waals surface area contributed by atoms with Crippen molar-refractivity contribution in [1.82, 2.24) is 0 Å². The number of hydrogen-bond donors (Lipinski definition) is 1. The van der Waals surface area contributed by atoms with E-state index in [2.05, 4.69) is 0 Å². The van der Waals surface area contributed by atoms with Gasteiger partial charge in [0.25, 0.3) is 0 Å². The summed E-state index contributed by atoms with van der Waals surface area (Å²) in [5.74, 6) is -1.49. The van der Waals surface area contributed by atoms with E-state index in [0.29, 0.717) is 5.56 Å². The van der Waals surface area contributed by atoms with Crippen molar-refractivity contribution in [3.8, 4) is 0 Å². The fraction of sp³-hybridized carbons (Fsp3) is 0.500. The van der Waals surface area contributed by atoms with E-state index in [0.717, 1.165) is 16.7 Å². The molecule has 0 saturated carbocycles. The fourth-order valence-electron chi connectivity index (χ4n) is 2.32. The van der Waals surface area contributed by atoms with Crippen molar-refractivity contribution in [3.05, 3.63) is 34.4 Å². The van der Waals surface area contributed by atoms with Gasteiger partial charge >= 0.3 is 5.97 Å². The standard InChI is InChI=1S/C14H20O4S/c1-5-13(14(15)16)19(17,18)8-12-10(3)6-9(2)7-11(12)4/h6-7,13H,5,8H2,1-4H3,(H,15,16). The Morgan fingerprint density at radius 1 is 1.21 bits per heavy atom. The van der Waals surface area contributed by atoms with Crippen molar-refractivity contribution in [2.45, 2.75) is 45.1 Å². The lowest BCUT2D eigenvalue weighted by Crippen LogP contribution is -2.30. The molecule has 4 nitrogen and oxygen atoms in total. The Morgan fingerprint density at radius 2 is 1.68 bits per heavy atom. The van der Waals surface area contributed by atoms with Gasteiger partial charge in [-0.3, -0.25) is 4.79 Å². The van der Waals surface area contributed by atoms with E-state index in [9.17, 15) is 13.2 Å². The molecule has 0 radical (unpaired) electrons. The van der Waals surface area contributed by atoms with E-state index in [1.165, 1.54) is 0 Å². The second kappa shape index (κ2) is 5.74. The van der Waals surface area contributed by atoms with E-state index in [4.69, 9.17) is 5.11 Å². The SMILES string of the molecule is CCC(C(=O)O)S(=O)(=O)Cc1c(C)cc(C)cc1C. The van der Waals surface area contributed by atoms with Gasteiger partial charge in [0.1, 0.15) is 0 Å². The lowest BCUT2D eigenvalue weighted by molar-refractivity contribution is -0.136. The molecule has 106 valence electrons. The molecule has 0 heterocycles. The van der Waals surface area contributed by atoms with E-state index in [1.807, 2.05) is 32.9 Å². The molecule has 0 aliphatic carbocycles. The number of sulfone groups is 1. The Morgan fingerprint density at radius 3 is 2.05 bits per heavy atom. The van der Waals surface area contributed by atoms with Gasteiger partial charge in [-0.2, -0.15) is 0 Å². The van der Waals surface area contributed by atoms with Crippen LogP contribution in [0.15, 0.2) is 12.1 Å². The lowest BCUT2D eigenvalue weighted by atomic mass is 10.0. The quantitative estimate of drug-likeness (QED) is 0.901. The molecule has 0 bridgehead atoms. The number of carboxylic acid groups (broad SMARTS) is 1. The van der Waals surface area contributed by atoms with Gasteiger partial charge in [-0.25, -0.2) is 8.42 Å². The summed E-state index contributed by atoms with van der Waals surface area (Å²) in [4.78, 5) is 11.0. The van der Waals surface area contributed by atoms with Crippen LogP contribution in [0.1, 0.15) is 35.6 Å². The van der Waals surface area contributed by atoms with Crippen LogP contribution in [0.5, 0.6) is 0 Å². The molecule has 0 amide bonds. The minimum absolute atomic E-state index is 0.0849. The van der Waals surface area contributed by atoms with E-state index in [1.54, 1.807) is 6.92 Å². The zero-order valence-corrected chi connectivity index (χ0v) is 12.5. The van der Waals surface area contributed by atoms with Crippen LogP contribution in [-0.2, 0) is 20.4 Å². The van der Waals surface area contributed by atoms with Crippen LogP contribution in [0.3, 0.4) is 0 Å². The van der Waals surface area contributed by atoms with Crippen molar-refractivity contribution >= 4 is 15.8 Å². The third kappa shape index (κ3) is 3.56. The Hall–Kier alpha value is -1.36. The number of hydrogen-bond acceptors (Lipinski definition) is 3. The molecule has 19 heavy (non-hydrogen) atoms. The van der Waals surface area contributed by atoms with Crippen molar-refractivity contribution < 1.29 is 18.3 Å². The third-order valence-electron chi connectivity index (χ3n) is 3.27. The van der Waals surface area contributed by atoms with Crippen LogP contribution in [0.2, 0.25) is 0 Å². The summed E-state index contributed by atoms with van der Waals surface area (Å²) >= 11 is 0. The Kier molecular flexibility index (Phi) is 4.74. The highest BCUT2D eigenvalue weighted by atomic mass is 32.2. The summed E-state index contributed by atoms with van der Waals surface area (Å²) < 4.78 is 24.4. The molecule has 1 aromatic carbocycles. The molecule has 1 atom stereocenters. The van der Waals surface area contributed by atoms with Gasteiger partial charge in [0.2, 0.25) is 0 Å². The molecule has 0 saturated heterocycles. The van der Waals surface area contributed by atoms with Crippen LogP contribution in [0, 0.1) is 20.8 Å². The third-order valence-corrected chi connectivity index (χ3v) is 5.36. The topological polar surface area (TPSA) is 71.4 Å². The Balaban J connectivity index is 3.19. The van der Waals surface area contributed by atoms with Crippen molar-refractivity contribution in [1.29, 1.82) is 0 Å². The second-order valence-corrected chi connectivity index (χ2v) is 7.10. The Bertz CT molecular complexity index is 564. The summed E-state index contributed by atoms with van der Waals surface area (Å²) in [7, 11) is -3.68. The fourth-order valence-corrected chi connectivity index (χ4v) is 4.20. The molecule has 1 N–H and O–H groups in total. The van der Waals surface area contributed by atoms with Gasteiger partial charge in [-0.1, -0.05) is 24.6 Å². The molecule has 1 rings (SSSR count). The smallest absolute Gasteiger partial charge is 0.321 e. The number of benzene rings is 1. The highest BCUT2D eigenvalue weighted by Gasteiger charge is 2.31. The molecular formula is C14H20O4S. The maximum Gasteiger partial charge on any atom is 0.321 e. The lowest BCUT2D eigenvalue weighted by Gasteiger charge is -2.15. The normalized spacial score (nSPS) is 13.3. The first-order chi connectivity index (χ1) is 8.69. The first-order valence-corrected chi connectivity index (χ1v) is 7.91. The van der Waals surface area contributed by atoms with Crippen LogP contribution in [-0.4, -0.2) is 24.7 Å². The molecule has 5 heteroatoms.